The molecule has 0 aliphatic heterocycles. The third-order valence-corrected chi connectivity index (χ3v) is 3.76. The molecule has 0 saturated carbocycles. The Morgan fingerprint density at radius 2 is 1.65 bits per heavy atom. The van der Waals surface area contributed by atoms with E-state index in [4.69, 9.17) is 0 Å². The maximum Gasteiger partial charge on any atom is -0.0253 e. The predicted molar refractivity (Wildman–Crippen MR) is 102 cm³/mol. The van der Waals surface area contributed by atoms with Crippen LogP contribution in [0.4, 0.5) is 0 Å². The summed E-state index contributed by atoms with van der Waals surface area (Å²) in [5.74, 6) is 0. The molecule has 1 aliphatic carbocycles. The Balaban J connectivity index is 0.000000415. The number of rotatable bonds is 1. The number of benzene rings is 2. The van der Waals surface area contributed by atoms with E-state index in [1.54, 1.807) is 0 Å². The molecule has 0 amide bonds. The molecule has 0 atom stereocenters. The van der Waals surface area contributed by atoms with E-state index in [0.29, 0.717) is 0 Å². The maximum atomic E-state index is 3.30. The van der Waals surface area contributed by atoms with Crippen molar-refractivity contribution in [2.45, 2.75) is 32.9 Å². The molecule has 0 bridgehead atoms. The van der Waals surface area contributed by atoms with Gasteiger partial charge in [-0.05, 0) is 6.42 Å². The van der Waals surface area contributed by atoms with Crippen LogP contribution in [-0.4, -0.2) is 6.19 Å². The molecule has 0 N–H and O–H groups in total. The topological polar surface area (TPSA) is 0 Å². The Bertz CT molecular complexity index is 735. The average Bonchev–Trinajstić information content (AvgIpc) is 3.22. The van der Waals surface area contributed by atoms with Crippen LogP contribution in [0.2, 0.25) is 13.1 Å². The summed E-state index contributed by atoms with van der Waals surface area (Å²) in [6, 6.07) is 26.5. The minimum absolute atomic E-state index is 0. The molecular weight excluding hydrogens is 411 g/mol. The first-order valence-electron chi connectivity index (χ1n) is 8.42. The Hall–Kier alpha value is -0.699. The Kier molecular flexibility index (Phi) is 13.1. The van der Waals surface area contributed by atoms with Crippen LogP contribution < -0.4 is 24.8 Å². The van der Waals surface area contributed by atoms with Crippen molar-refractivity contribution >= 4 is 6.19 Å². The first-order chi connectivity index (χ1) is 11.6. The molecule has 0 saturated heterocycles. The fourth-order valence-corrected chi connectivity index (χ4v) is 2.65. The van der Waals surface area contributed by atoms with E-state index in [1.165, 1.54) is 27.8 Å². The number of hydrogen-bond donors (Lipinski definition) is 0. The van der Waals surface area contributed by atoms with Crippen molar-refractivity contribution in [1.82, 2.24) is 0 Å². The molecule has 0 unspecified atom stereocenters. The van der Waals surface area contributed by atoms with E-state index < -0.39 is 0 Å². The third-order valence-electron chi connectivity index (χ3n) is 3.76. The first kappa shape index (κ1) is 25.3. The quantitative estimate of drug-likeness (QED) is 0.288. The number of aryl methyl sites for hydroxylation is 1. The summed E-state index contributed by atoms with van der Waals surface area (Å²) in [6.45, 7) is 6.70. The zero-order valence-electron chi connectivity index (χ0n) is 15.5. The van der Waals surface area contributed by atoms with Crippen molar-refractivity contribution in [3.63, 3.8) is 0 Å². The van der Waals surface area contributed by atoms with Crippen LogP contribution in [0.3, 0.4) is 0 Å². The van der Waals surface area contributed by atoms with E-state index in [0.717, 1.165) is 12.8 Å². The molecule has 4 rings (SSSR count). The minimum Gasteiger partial charge on any atom is -1.00 e. The summed E-state index contributed by atoms with van der Waals surface area (Å²) in [7, 11) is 0. The van der Waals surface area contributed by atoms with Gasteiger partial charge in [-0.15, -0.1) is 5.56 Å². The molecule has 4 heteroatoms. The van der Waals surface area contributed by atoms with Gasteiger partial charge in [0.15, 0.2) is 0 Å². The molecule has 136 valence electrons. The van der Waals surface area contributed by atoms with Crippen molar-refractivity contribution < 1.29 is 44.0 Å². The van der Waals surface area contributed by atoms with Gasteiger partial charge in [-0.25, -0.2) is 12.1 Å². The molecule has 0 heterocycles. The van der Waals surface area contributed by atoms with Crippen molar-refractivity contribution in [2.24, 2.45) is 0 Å². The number of fused-ring (bicyclic) bond motifs is 3. The van der Waals surface area contributed by atoms with Gasteiger partial charge in [-0.2, -0.15) is 47.5 Å². The fourth-order valence-electron chi connectivity index (χ4n) is 2.65. The summed E-state index contributed by atoms with van der Waals surface area (Å²) in [6.07, 6.45) is 2.33. The molecule has 3 aromatic rings. The summed E-state index contributed by atoms with van der Waals surface area (Å²) >= 11 is 2.27. The van der Waals surface area contributed by atoms with Gasteiger partial charge in [0, 0.05) is 0 Å². The van der Waals surface area contributed by atoms with Crippen LogP contribution >= 0.6 is 0 Å². The molecule has 0 spiro atoms. The van der Waals surface area contributed by atoms with Gasteiger partial charge < -0.3 is 24.8 Å². The molecule has 0 nitrogen and oxygen atoms in total. The van der Waals surface area contributed by atoms with Gasteiger partial charge in [0.2, 0.25) is 0 Å². The van der Waals surface area contributed by atoms with Gasteiger partial charge in [0.1, 0.15) is 0 Å². The second-order valence-corrected chi connectivity index (χ2v) is 12.7. The zero-order chi connectivity index (χ0) is 17.4. The number of halogens is 2. The van der Waals surface area contributed by atoms with Gasteiger partial charge in [0.25, 0.3) is 0 Å². The molecule has 1 aliphatic rings. The van der Waals surface area contributed by atoms with Crippen molar-refractivity contribution in [1.29, 1.82) is 0 Å². The van der Waals surface area contributed by atoms with Crippen LogP contribution in [0.1, 0.15) is 23.6 Å². The van der Waals surface area contributed by atoms with Crippen LogP contribution in [0.25, 0.3) is 11.1 Å². The van der Waals surface area contributed by atoms with Gasteiger partial charge in [-0.1, -0.05) is 48.7 Å². The van der Waals surface area contributed by atoms with Crippen LogP contribution in [-0.2, 0) is 32.0 Å². The van der Waals surface area contributed by atoms with Crippen molar-refractivity contribution in [2.75, 3.05) is 0 Å². The third kappa shape index (κ3) is 7.90. The molecular formula is C22H24Cl2SiTi-2. The predicted octanol–water partition coefficient (Wildman–Crippen LogP) is -0.182. The molecule has 0 radical (unpaired) electrons. The zero-order valence-corrected chi connectivity index (χ0v) is 19.6. The van der Waals surface area contributed by atoms with E-state index in [-0.39, 0.29) is 31.0 Å². The minimum atomic E-state index is 0. The standard InChI is InChI=1S/C13H9.C7H9.C2H6Si.2ClH.Ti/c1-3-7-12-10(5-1)9-11-6-2-4-8-13(11)12;1-2-7-5-3-4-6-7;1-3-2;;;/h1-5,7-8H,9H2;3-6H,2H2,1H3;1-2H3;2*1H;/q2*-1;;;;+2/p-2. The number of hydrogen-bond acceptors (Lipinski definition) is 0. The van der Waals surface area contributed by atoms with E-state index in [9.17, 15) is 0 Å². The van der Waals surface area contributed by atoms with Crippen molar-refractivity contribution in [3.8, 4) is 11.1 Å². The van der Waals surface area contributed by atoms with Gasteiger partial charge >= 0.3 is 38.5 Å². The van der Waals surface area contributed by atoms with Crippen LogP contribution in [0.15, 0.2) is 66.7 Å². The summed E-state index contributed by atoms with van der Waals surface area (Å²) in [5.41, 5.74) is 6.94. The Morgan fingerprint density at radius 1 is 1.00 bits per heavy atom. The smallest absolute Gasteiger partial charge is 0.0253 e. The molecule has 0 aromatic heterocycles. The van der Waals surface area contributed by atoms with E-state index in [2.05, 4.69) is 106 Å². The van der Waals surface area contributed by atoms with E-state index in [1.807, 2.05) is 6.07 Å². The summed E-state index contributed by atoms with van der Waals surface area (Å²) < 4.78 is 0. The largest absolute Gasteiger partial charge is 1.00 e. The van der Waals surface area contributed by atoms with Gasteiger partial charge in [0.05, 0.1) is 0 Å². The second-order valence-electron chi connectivity index (χ2n) is 6.04. The van der Waals surface area contributed by atoms with Gasteiger partial charge in [-0.3, -0.25) is 0 Å². The fraction of sp³-hybridized carbons (Fsp3) is 0.227. The normalized spacial score (nSPS) is 9.73. The SMILES string of the molecule is CCc1ccc[cH-]1.C[Si](C)=[Ti+2].[Cl-].[Cl-].[c-]1cccc2c1Cc1ccccc1-2. The maximum absolute atomic E-state index is 3.30. The molecule has 26 heavy (non-hydrogen) atoms. The van der Waals surface area contributed by atoms with Crippen molar-refractivity contribution in [3.05, 3.63) is 89.5 Å². The summed E-state index contributed by atoms with van der Waals surface area (Å²) in [5, 5.41) is 0. The van der Waals surface area contributed by atoms with Crippen LogP contribution in [0, 0.1) is 6.07 Å². The summed E-state index contributed by atoms with van der Waals surface area (Å²) in [4.78, 5) is 0. The Morgan fingerprint density at radius 3 is 2.23 bits per heavy atom. The van der Waals surface area contributed by atoms with Crippen LogP contribution in [0.5, 0.6) is 0 Å². The average molecular weight is 435 g/mol. The molecule has 0 fully saturated rings. The first-order valence-corrected chi connectivity index (χ1v) is 13.3. The monoisotopic (exact) mass is 434 g/mol. The Labute approximate surface area is 182 Å². The second kappa shape index (κ2) is 13.5. The molecule has 3 aromatic carbocycles. The van der Waals surface area contributed by atoms with E-state index >= 15 is 0 Å².